The summed E-state index contributed by atoms with van der Waals surface area (Å²) < 4.78 is 5.96. The van der Waals surface area contributed by atoms with Gasteiger partial charge in [0.15, 0.2) is 0 Å². The SMILES string of the molecule is Cc1ccc(CN2CCOC(CNC(=O)c3cccnc3NC3CCN(Cc4ccccc4)CC3)C2)cc1. The molecular weight excluding hydrogens is 474 g/mol. The summed E-state index contributed by atoms with van der Waals surface area (Å²) >= 11 is 0. The molecule has 3 aromatic rings. The number of anilines is 1. The summed E-state index contributed by atoms with van der Waals surface area (Å²) in [5.41, 5.74) is 4.51. The van der Waals surface area contributed by atoms with Crippen LogP contribution >= 0.6 is 0 Å². The molecule has 0 spiro atoms. The number of nitrogens with one attached hydrogen (secondary N) is 2. The molecule has 2 aliphatic rings. The maximum atomic E-state index is 13.1. The third-order valence-corrected chi connectivity index (χ3v) is 7.47. The Morgan fingerprint density at radius 3 is 2.45 bits per heavy atom. The molecule has 2 aliphatic heterocycles. The number of nitrogens with zero attached hydrogens (tertiary/aromatic N) is 3. The highest BCUT2D eigenvalue weighted by Crippen LogP contribution is 2.20. The van der Waals surface area contributed by atoms with Crippen LogP contribution in [0.4, 0.5) is 5.82 Å². The fraction of sp³-hybridized carbons (Fsp3) is 0.419. The molecule has 38 heavy (non-hydrogen) atoms. The molecule has 7 heteroatoms. The zero-order chi connectivity index (χ0) is 26.2. The Labute approximate surface area is 226 Å². The lowest BCUT2D eigenvalue weighted by Crippen LogP contribution is -2.47. The smallest absolute Gasteiger partial charge is 0.255 e. The Balaban J connectivity index is 1.09. The van der Waals surface area contributed by atoms with Crippen molar-refractivity contribution in [3.8, 4) is 0 Å². The number of amides is 1. The van der Waals surface area contributed by atoms with Gasteiger partial charge >= 0.3 is 0 Å². The summed E-state index contributed by atoms with van der Waals surface area (Å²) in [6.45, 7) is 8.90. The van der Waals surface area contributed by atoms with Gasteiger partial charge in [-0.2, -0.15) is 0 Å². The number of rotatable bonds is 9. The average molecular weight is 514 g/mol. The third-order valence-electron chi connectivity index (χ3n) is 7.47. The van der Waals surface area contributed by atoms with E-state index in [1.54, 1.807) is 6.20 Å². The lowest BCUT2D eigenvalue weighted by Gasteiger charge is -2.33. The molecule has 0 aliphatic carbocycles. The molecule has 1 atom stereocenters. The molecule has 5 rings (SSSR count). The summed E-state index contributed by atoms with van der Waals surface area (Å²) in [7, 11) is 0. The van der Waals surface area contributed by atoms with Crippen LogP contribution in [0, 0.1) is 6.92 Å². The van der Waals surface area contributed by atoms with Gasteiger partial charge in [0, 0.05) is 58.1 Å². The highest BCUT2D eigenvalue weighted by molar-refractivity contribution is 5.98. The molecular formula is C31H39N5O2. The predicted octanol–water partition coefficient (Wildman–Crippen LogP) is 4.10. The van der Waals surface area contributed by atoms with Crippen molar-refractivity contribution in [2.24, 2.45) is 0 Å². The minimum absolute atomic E-state index is 0.0276. The second-order valence-corrected chi connectivity index (χ2v) is 10.5. The Kier molecular flexibility index (Phi) is 9.02. The van der Waals surface area contributed by atoms with Gasteiger partial charge in [-0.05, 0) is 43.0 Å². The van der Waals surface area contributed by atoms with Crippen LogP contribution in [0.15, 0.2) is 72.9 Å². The number of morpholine rings is 1. The summed E-state index contributed by atoms with van der Waals surface area (Å²) in [6.07, 6.45) is 3.77. The zero-order valence-electron chi connectivity index (χ0n) is 22.3. The van der Waals surface area contributed by atoms with E-state index >= 15 is 0 Å². The van der Waals surface area contributed by atoms with Gasteiger partial charge in [0.2, 0.25) is 0 Å². The summed E-state index contributed by atoms with van der Waals surface area (Å²) in [6, 6.07) is 23.3. The molecule has 2 fully saturated rings. The number of hydrogen-bond donors (Lipinski definition) is 2. The van der Waals surface area contributed by atoms with E-state index in [1.165, 1.54) is 16.7 Å². The van der Waals surface area contributed by atoms with Crippen LogP contribution in [0.3, 0.4) is 0 Å². The summed E-state index contributed by atoms with van der Waals surface area (Å²) in [5, 5.41) is 6.65. The lowest BCUT2D eigenvalue weighted by molar-refractivity contribution is -0.0292. The number of aromatic nitrogens is 1. The van der Waals surface area contributed by atoms with Crippen molar-refractivity contribution in [1.82, 2.24) is 20.1 Å². The topological polar surface area (TPSA) is 69.7 Å². The maximum Gasteiger partial charge on any atom is 0.255 e. The molecule has 2 aromatic carbocycles. The van der Waals surface area contributed by atoms with Crippen LogP contribution < -0.4 is 10.6 Å². The van der Waals surface area contributed by atoms with Crippen molar-refractivity contribution in [3.63, 3.8) is 0 Å². The number of benzene rings is 2. The Morgan fingerprint density at radius 2 is 1.66 bits per heavy atom. The standard InChI is InChI=1S/C31H39N5O2/c1-24-9-11-26(12-10-24)22-36-18-19-38-28(23-36)20-33-31(37)29-8-5-15-32-30(29)34-27-13-16-35(17-14-27)21-25-6-3-2-4-7-25/h2-12,15,27-28H,13-14,16-23H2,1H3,(H,32,34)(H,33,37). The Hall–Kier alpha value is -3.26. The van der Waals surface area contributed by atoms with E-state index in [9.17, 15) is 4.79 Å². The maximum absolute atomic E-state index is 13.1. The third kappa shape index (κ3) is 7.40. The first kappa shape index (κ1) is 26.4. The zero-order valence-corrected chi connectivity index (χ0v) is 22.3. The molecule has 2 N–H and O–H groups in total. The Bertz CT molecular complexity index is 1160. The average Bonchev–Trinajstić information content (AvgIpc) is 2.95. The van der Waals surface area contributed by atoms with Crippen molar-refractivity contribution >= 4 is 11.7 Å². The quantitative estimate of drug-likeness (QED) is 0.449. The number of pyridine rings is 1. The van der Waals surface area contributed by atoms with Gasteiger partial charge in [0.1, 0.15) is 5.82 Å². The first-order valence-electron chi connectivity index (χ1n) is 13.8. The molecule has 7 nitrogen and oxygen atoms in total. The van der Waals surface area contributed by atoms with Crippen LogP contribution in [0.2, 0.25) is 0 Å². The highest BCUT2D eigenvalue weighted by atomic mass is 16.5. The molecule has 1 aromatic heterocycles. The van der Waals surface area contributed by atoms with Gasteiger partial charge < -0.3 is 15.4 Å². The fourth-order valence-electron chi connectivity index (χ4n) is 5.27. The van der Waals surface area contributed by atoms with E-state index in [2.05, 4.69) is 86.9 Å². The number of carbonyl (C=O) groups is 1. The van der Waals surface area contributed by atoms with Gasteiger partial charge in [-0.3, -0.25) is 14.6 Å². The van der Waals surface area contributed by atoms with Crippen LogP contribution in [-0.2, 0) is 17.8 Å². The summed E-state index contributed by atoms with van der Waals surface area (Å²) in [5.74, 6) is 0.554. The second-order valence-electron chi connectivity index (χ2n) is 10.5. The van der Waals surface area contributed by atoms with Gasteiger partial charge in [0.25, 0.3) is 5.91 Å². The summed E-state index contributed by atoms with van der Waals surface area (Å²) in [4.78, 5) is 22.5. The molecule has 1 amide bonds. The Morgan fingerprint density at radius 1 is 0.921 bits per heavy atom. The van der Waals surface area contributed by atoms with Gasteiger partial charge in [0.05, 0.1) is 18.3 Å². The highest BCUT2D eigenvalue weighted by Gasteiger charge is 2.24. The lowest BCUT2D eigenvalue weighted by atomic mass is 10.0. The number of likely N-dealkylation sites (tertiary alicyclic amines) is 1. The van der Waals surface area contributed by atoms with Crippen LogP contribution in [0.1, 0.15) is 39.9 Å². The monoisotopic (exact) mass is 513 g/mol. The van der Waals surface area contributed by atoms with E-state index in [1.807, 2.05) is 12.1 Å². The molecule has 0 radical (unpaired) electrons. The first-order chi connectivity index (χ1) is 18.6. The number of carbonyl (C=O) groups excluding carboxylic acids is 1. The van der Waals surface area contributed by atoms with Gasteiger partial charge in [-0.25, -0.2) is 4.98 Å². The van der Waals surface area contributed by atoms with Crippen molar-refractivity contribution in [2.45, 2.75) is 45.0 Å². The van der Waals surface area contributed by atoms with E-state index < -0.39 is 0 Å². The van der Waals surface area contributed by atoms with Crippen LogP contribution in [-0.4, -0.2) is 72.2 Å². The predicted molar refractivity (Wildman–Crippen MR) is 151 cm³/mol. The largest absolute Gasteiger partial charge is 0.374 e. The van der Waals surface area contributed by atoms with Crippen molar-refractivity contribution < 1.29 is 9.53 Å². The van der Waals surface area contributed by atoms with Gasteiger partial charge in [-0.1, -0.05) is 60.2 Å². The fourth-order valence-corrected chi connectivity index (χ4v) is 5.27. The molecule has 200 valence electrons. The van der Waals surface area contributed by atoms with Crippen molar-refractivity contribution in [3.05, 3.63) is 95.2 Å². The normalized spacial score (nSPS) is 19.2. The first-order valence-corrected chi connectivity index (χ1v) is 13.8. The van der Waals surface area contributed by atoms with Crippen LogP contribution in [0.25, 0.3) is 0 Å². The number of hydrogen-bond acceptors (Lipinski definition) is 6. The van der Waals surface area contributed by atoms with Crippen molar-refractivity contribution in [1.29, 1.82) is 0 Å². The van der Waals surface area contributed by atoms with E-state index in [4.69, 9.17) is 4.74 Å². The molecule has 0 saturated carbocycles. The number of ether oxygens (including phenoxy) is 1. The van der Waals surface area contributed by atoms with Gasteiger partial charge in [-0.15, -0.1) is 0 Å². The molecule has 3 heterocycles. The van der Waals surface area contributed by atoms with E-state index in [0.29, 0.717) is 30.6 Å². The second kappa shape index (κ2) is 13.0. The van der Waals surface area contributed by atoms with Crippen molar-refractivity contribution in [2.75, 3.05) is 44.6 Å². The number of aryl methyl sites for hydroxylation is 1. The minimum atomic E-state index is -0.110. The van der Waals surface area contributed by atoms with E-state index in [0.717, 1.165) is 52.1 Å². The number of piperidine rings is 1. The molecule has 0 bridgehead atoms. The minimum Gasteiger partial charge on any atom is -0.374 e. The molecule has 1 unspecified atom stereocenters. The van der Waals surface area contributed by atoms with E-state index in [-0.39, 0.29) is 12.0 Å². The molecule has 2 saturated heterocycles. The van der Waals surface area contributed by atoms with Crippen LogP contribution in [0.5, 0.6) is 0 Å².